The molecule has 1 N–H and O–H groups in total. The summed E-state index contributed by atoms with van der Waals surface area (Å²) in [5.74, 6) is -0.714. The first-order chi connectivity index (χ1) is 8.15. The fraction of sp³-hybridized carbons (Fsp3) is 0.667. The number of thioether (sulfide) groups is 1. The summed E-state index contributed by atoms with van der Waals surface area (Å²) in [7, 11) is 0. The Labute approximate surface area is 105 Å². The van der Waals surface area contributed by atoms with Crippen LogP contribution in [0.1, 0.15) is 32.6 Å². The van der Waals surface area contributed by atoms with Crippen molar-refractivity contribution in [3.05, 3.63) is 12.4 Å². The molecule has 5 heteroatoms. The van der Waals surface area contributed by atoms with Crippen molar-refractivity contribution in [1.29, 1.82) is 0 Å². The van der Waals surface area contributed by atoms with E-state index >= 15 is 0 Å². The molecule has 0 radical (unpaired) electrons. The second-order valence-electron chi connectivity index (χ2n) is 4.73. The molecule has 0 atom stereocenters. The van der Waals surface area contributed by atoms with Crippen molar-refractivity contribution in [2.75, 3.05) is 5.75 Å². The zero-order valence-corrected chi connectivity index (χ0v) is 10.9. The second-order valence-corrected chi connectivity index (χ2v) is 5.67. The van der Waals surface area contributed by atoms with Gasteiger partial charge in [-0.25, -0.2) is 4.98 Å². The van der Waals surface area contributed by atoms with Crippen molar-refractivity contribution in [1.82, 2.24) is 9.55 Å². The maximum absolute atomic E-state index is 10.6. The minimum Gasteiger partial charge on any atom is -0.481 e. The molecule has 1 saturated carbocycles. The number of hydrogen-bond donors (Lipinski definition) is 1. The third kappa shape index (κ3) is 2.83. The Hall–Kier alpha value is -0.970. The van der Waals surface area contributed by atoms with Crippen LogP contribution in [0.25, 0.3) is 0 Å². The first-order valence-corrected chi connectivity index (χ1v) is 6.99. The Bertz CT molecular complexity index is 393. The van der Waals surface area contributed by atoms with Gasteiger partial charge in [0.15, 0.2) is 5.16 Å². The normalized spacial score (nSPS) is 17.7. The van der Waals surface area contributed by atoms with Crippen LogP contribution in [-0.2, 0) is 11.3 Å². The zero-order valence-electron chi connectivity index (χ0n) is 10.1. The van der Waals surface area contributed by atoms with E-state index in [2.05, 4.69) is 16.5 Å². The van der Waals surface area contributed by atoms with Gasteiger partial charge in [-0.15, -0.1) is 0 Å². The lowest BCUT2D eigenvalue weighted by atomic mass is 9.67. The summed E-state index contributed by atoms with van der Waals surface area (Å²) in [6.45, 7) is 3.21. The third-order valence-electron chi connectivity index (χ3n) is 3.67. The standard InChI is InChI=1S/C12H18N2O2S/c1-2-12(4-3-5-12)9-14-7-6-13-11(14)17-8-10(15)16/h6-7H,2-5,8-9H2,1H3,(H,15,16). The molecule has 1 aromatic heterocycles. The molecule has 94 valence electrons. The van der Waals surface area contributed by atoms with Crippen LogP contribution in [0, 0.1) is 5.41 Å². The van der Waals surface area contributed by atoms with Crippen LogP contribution in [0.2, 0.25) is 0 Å². The van der Waals surface area contributed by atoms with Gasteiger partial charge in [0, 0.05) is 18.9 Å². The summed E-state index contributed by atoms with van der Waals surface area (Å²) >= 11 is 1.30. The minimum atomic E-state index is -0.793. The van der Waals surface area contributed by atoms with E-state index in [0.717, 1.165) is 11.7 Å². The number of carbonyl (C=O) groups is 1. The van der Waals surface area contributed by atoms with E-state index in [0.29, 0.717) is 5.41 Å². The summed E-state index contributed by atoms with van der Waals surface area (Å²) in [4.78, 5) is 14.8. The van der Waals surface area contributed by atoms with Crippen LogP contribution in [0.15, 0.2) is 17.6 Å². The smallest absolute Gasteiger partial charge is 0.313 e. The first kappa shape index (κ1) is 12.5. The highest BCUT2D eigenvalue weighted by molar-refractivity contribution is 7.99. The molecule has 0 aromatic carbocycles. The summed E-state index contributed by atoms with van der Waals surface area (Å²) in [6.07, 6.45) is 8.79. The molecule has 0 unspecified atom stereocenters. The molecule has 2 rings (SSSR count). The van der Waals surface area contributed by atoms with Crippen LogP contribution in [0.5, 0.6) is 0 Å². The lowest BCUT2D eigenvalue weighted by Gasteiger charge is -2.41. The highest BCUT2D eigenvalue weighted by Gasteiger charge is 2.35. The molecular weight excluding hydrogens is 236 g/mol. The summed E-state index contributed by atoms with van der Waals surface area (Å²) in [6, 6.07) is 0. The Balaban J connectivity index is 2.00. The molecule has 0 aliphatic heterocycles. The van der Waals surface area contributed by atoms with Gasteiger partial charge in [-0.05, 0) is 24.7 Å². The number of rotatable bonds is 6. The van der Waals surface area contributed by atoms with Crippen LogP contribution in [0.4, 0.5) is 0 Å². The number of aromatic nitrogens is 2. The van der Waals surface area contributed by atoms with Crippen LogP contribution >= 0.6 is 11.8 Å². The summed E-state index contributed by atoms with van der Waals surface area (Å²) < 4.78 is 2.11. The van der Waals surface area contributed by atoms with Crippen molar-refractivity contribution in [3.8, 4) is 0 Å². The third-order valence-corrected chi connectivity index (χ3v) is 4.66. The monoisotopic (exact) mass is 254 g/mol. The Morgan fingerprint density at radius 1 is 1.65 bits per heavy atom. The molecular formula is C12H18N2O2S. The van der Waals surface area contributed by atoms with Gasteiger partial charge in [-0.1, -0.05) is 25.1 Å². The van der Waals surface area contributed by atoms with Crippen LogP contribution in [0.3, 0.4) is 0 Å². The second kappa shape index (κ2) is 5.12. The minimum absolute atomic E-state index is 0.0795. The number of imidazole rings is 1. The number of carboxylic acid groups (broad SMARTS) is 1. The van der Waals surface area contributed by atoms with Gasteiger partial charge < -0.3 is 9.67 Å². The average molecular weight is 254 g/mol. The first-order valence-electron chi connectivity index (χ1n) is 6.01. The van der Waals surface area contributed by atoms with Gasteiger partial charge in [0.05, 0.1) is 5.75 Å². The Morgan fingerprint density at radius 3 is 2.94 bits per heavy atom. The molecule has 1 aromatic rings. The van der Waals surface area contributed by atoms with Crippen molar-refractivity contribution < 1.29 is 9.90 Å². The molecule has 0 spiro atoms. The molecule has 1 aliphatic carbocycles. The number of nitrogens with zero attached hydrogens (tertiary/aromatic N) is 2. The van der Waals surface area contributed by atoms with Gasteiger partial charge in [-0.3, -0.25) is 4.79 Å². The molecule has 17 heavy (non-hydrogen) atoms. The van der Waals surface area contributed by atoms with E-state index < -0.39 is 5.97 Å². The van der Waals surface area contributed by atoms with Crippen LogP contribution < -0.4 is 0 Å². The Kier molecular flexibility index (Phi) is 3.76. The molecule has 1 heterocycles. The van der Waals surface area contributed by atoms with Gasteiger partial charge in [-0.2, -0.15) is 0 Å². The van der Waals surface area contributed by atoms with E-state index in [4.69, 9.17) is 5.11 Å². The molecule has 1 aliphatic rings. The highest BCUT2D eigenvalue weighted by Crippen LogP contribution is 2.45. The van der Waals surface area contributed by atoms with Crippen molar-refractivity contribution >= 4 is 17.7 Å². The number of carboxylic acids is 1. The maximum atomic E-state index is 10.6. The fourth-order valence-corrected chi connectivity index (χ4v) is 3.02. The Morgan fingerprint density at radius 2 is 2.41 bits per heavy atom. The SMILES string of the molecule is CCC1(Cn2ccnc2SCC(=O)O)CCC1. The average Bonchev–Trinajstić information content (AvgIpc) is 2.67. The van der Waals surface area contributed by atoms with Crippen molar-refractivity contribution in [2.45, 2.75) is 44.3 Å². The molecule has 0 saturated heterocycles. The summed E-state index contributed by atoms with van der Waals surface area (Å²) in [5, 5.41) is 9.51. The number of aliphatic carboxylic acids is 1. The lowest BCUT2D eigenvalue weighted by molar-refractivity contribution is -0.133. The predicted octanol–water partition coefficient (Wildman–Crippen LogP) is 2.64. The fourth-order valence-electron chi connectivity index (χ4n) is 2.34. The van der Waals surface area contributed by atoms with E-state index in [9.17, 15) is 4.79 Å². The van der Waals surface area contributed by atoms with Gasteiger partial charge in [0.2, 0.25) is 0 Å². The van der Waals surface area contributed by atoms with Crippen molar-refractivity contribution in [2.24, 2.45) is 5.41 Å². The van der Waals surface area contributed by atoms with Gasteiger partial charge in [0.25, 0.3) is 0 Å². The van der Waals surface area contributed by atoms with Gasteiger partial charge in [0.1, 0.15) is 0 Å². The molecule has 4 nitrogen and oxygen atoms in total. The molecule has 1 fully saturated rings. The predicted molar refractivity (Wildman–Crippen MR) is 67.2 cm³/mol. The quantitative estimate of drug-likeness (QED) is 0.793. The van der Waals surface area contributed by atoms with Crippen molar-refractivity contribution in [3.63, 3.8) is 0 Å². The van der Waals surface area contributed by atoms with E-state index in [1.54, 1.807) is 6.20 Å². The lowest BCUT2D eigenvalue weighted by Crippen LogP contribution is -2.33. The highest BCUT2D eigenvalue weighted by atomic mass is 32.2. The zero-order chi connectivity index (χ0) is 12.3. The van der Waals surface area contributed by atoms with Gasteiger partial charge >= 0.3 is 5.97 Å². The largest absolute Gasteiger partial charge is 0.481 e. The number of hydrogen-bond acceptors (Lipinski definition) is 3. The maximum Gasteiger partial charge on any atom is 0.313 e. The van der Waals surface area contributed by atoms with E-state index in [1.807, 2.05) is 6.20 Å². The topological polar surface area (TPSA) is 55.1 Å². The molecule has 0 bridgehead atoms. The van der Waals surface area contributed by atoms with Crippen LogP contribution in [-0.4, -0.2) is 26.4 Å². The summed E-state index contributed by atoms with van der Waals surface area (Å²) in [5.41, 5.74) is 0.430. The van der Waals surface area contributed by atoms with E-state index in [1.165, 1.54) is 37.4 Å². The van der Waals surface area contributed by atoms with E-state index in [-0.39, 0.29) is 5.75 Å². The molecule has 0 amide bonds.